The summed E-state index contributed by atoms with van der Waals surface area (Å²) in [5.41, 5.74) is 0. The smallest absolute Gasteiger partial charge is 0.111 e. The molecule has 11 heavy (non-hydrogen) atoms. The van der Waals surface area contributed by atoms with E-state index in [-0.39, 0.29) is 0 Å². The van der Waals surface area contributed by atoms with Crippen molar-refractivity contribution in [2.75, 3.05) is 6.61 Å². The average Bonchev–Trinajstić information content (AvgIpc) is 1.94. The normalized spacial score (nSPS) is 42.0. The van der Waals surface area contributed by atoms with E-state index in [9.17, 15) is 5.11 Å². The molecule has 4 nitrogen and oxygen atoms in total. The zero-order valence-electron chi connectivity index (χ0n) is 6.47. The van der Waals surface area contributed by atoms with Crippen molar-refractivity contribution in [3.05, 3.63) is 0 Å². The van der Waals surface area contributed by atoms with E-state index in [4.69, 9.17) is 14.9 Å². The van der Waals surface area contributed by atoms with E-state index in [0.717, 1.165) is 0 Å². The van der Waals surface area contributed by atoms with Crippen LogP contribution in [0.4, 0.5) is 0 Å². The van der Waals surface area contributed by atoms with Gasteiger partial charge in [0, 0.05) is 6.61 Å². The predicted molar refractivity (Wildman–Crippen MR) is 38.1 cm³/mol. The molecule has 0 aliphatic carbocycles. The van der Waals surface area contributed by atoms with Gasteiger partial charge in [-0.05, 0) is 13.3 Å². The third-order valence-corrected chi connectivity index (χ3v) is 1.93. The zero-order valence-corrected chi connectivity index (χ0v) is 6.47. The van der Waals surface area contributed by atoms with Crippen molar-refractivity contribution < 1.29 is 20.1 Å². The summed E-state index contributed by atoms with van der Waals surface area (Å²) >= 11 is 0. The van der Waals surface area contributed by atoms with Gasteiger partial charge in [-0.1, -0.05) is 0 Å². The predicted octanol–water partition coefficient (Wildman–Crippen LogP) is -1.12. The molecule has 1 rings (SSSR count). The molecule has 0 aromatic carbocycles. The molecule has 4 heteroatoms. The van der Waals surface area contributed by atoms with Gasteiger partial charge in [0.25, 0.3) is 0 Å². The molecule has 1 heterocycles. The summed E-state index contributed by atoms with van der Waals surface area (Å²) in [5.74, 6) is 0. The Labute approximate surface area is 65.4 Å². The Morgan fingerprint density at radius 3 is 2.55 bits per heavy atom. The van der Waals surface area contributed by atoms with Crippen LogP contribution >= 0.6 is 0 Å². The van der Waals surface area contributed by atoms with Crippen LogP contribution in [-0.2, 0) is 4.74 Å². The molecule has 0 bridgehead atoms. The number of hydrogen-bond donors (Lipinski definition) is 3. The molecule has 0 radical (unpaired) electrons. The van der Waals surface area contributed by atoms with E-state index in [1.165, 1.54) is 6.92 Å². The number of rotatable bonds is 1. The molecule has 4 atom stereocenters. The fourth-order valence-electron chi connectivity index (χ4n) is 1.24. The monoisotopic (exact) mass is 162 g/mol. The number of hydrogen-bond acceptors (Lipinski definition) is 4. The number of aliphatic hydroxyl groups is 3. The first-order valence-corrected chi connectivity index (χ1v) is 3.78. The number of ether oxygens (including phenoxy) is 1. The van der Waals surface area contributed by atoms with E-state index in [0.29, 0.717) is 13.0 Å². The highest BCUT2D eigenvalue weighted by atomic mass is 16.5. The summed E-state index contributed by atoms with van der Waals surface area (Å²) in [6.07, 6.45) is -2.66. The van der Waals surface area contributed by atoms with Crippen LogP contribution in [-0.4, -0.2) is 46.3 Å². The summed E-state index contributed by atoms with van der Waals surface area (Å²) in [6.45, 7) is 1.93. The Balaban J connectivity index is 2.51. The van der Waals surface area contributed by atoms with Crippen LogP contribution in [0.25, 0.3) is 0 Å². The first-order valence-electron chi connectivity index (χ1n) is 3.78. The minimum atomic E-state index is -0.955. The van der Waals surface area contributed by atoms with Gasteiger partial charge in [-0.2, -0.15) is 0 Å². The van der Waals surface area contributed by atoms with Gasteiger partial charge in [0.15, 0.2) is 0 Å². The van der Waals surface area contributed by atoms with E-state index < -0.39 is 24.4 Å². The average molecular weight is 162 g/mol. The summed E-state index contributed by atoms with van der Waals surface area (Å²) in [6, 6.07) is 0. The van der Waals surface area contributed by atoms with Crippen molar-refractivity contribution in [2.24, 2.45) is 0 Å². The topological polar surface area (TPSA) is 69.9 Å². The standard InChI is InChI=1S/C7H14O4/c1-4(8)7-6(10)5(9)2-3-11-7/h4-10H,2-3H2,1H3. The van der Waals surface area contributed by atoms with E-state index >= 15 is 0 Å². The Kier molecular flexibility index (Phi) is 2.84. The van der Waals surface area contributed by atoms with Crippen LogP contribution < -0.4 is 0 Å². The van der Waals surface area contributed by atoms with Crippen molar-refractivity contribution in [3.8, 4) is 0 Å². The molecule has 0 saturated carbocycles. The van der Waals surface area contributed by atoms with Crippen molar-refractivity contribution in [2.45, 2.75) is 37.8 Å². The molecular weight excluding hydrogens is 148 g/mol. The van der Waals surface area contributed by atoms with Crippen LogP contribution in [0, 0.1) is 0 Å². The highest BCUT2D eigenvalue weighted by Gasteiger charge is 2.34. The van der Waals surface area contributed by atoms with Crippen LogP contribution in [0.2, 0.25) is 0 Å². The summed E-state index contributed by atoms with van der Waals surface area (Å²) in [7, 11) is 0. The first kappa shape index (κ1) is 8.93. The van der Waals surface area contributed by atoms with Gasteiger partial charge in [0.1, 0.15) is 12.2 Å². The second-order valence-electron chi connectivity index (χ2n) is 2.92. The van der Waals surface area contributed by atoms with E-state index in [2.05, 4.69) is 0 Å². The van der Waals surface area contributed by atoms with Gasteiger partial charge >= 0.3 is 0 Å². The van der Waals surface area contributed by atoms with Crippen LogP contribution in [0.3, 0.4) is 0 Å². The Morgan fingerprint density at radius 1 is 1.45 bits per heavy atom. The van der Waals surface area contributed by atoms with Crippen molar-refractivity contribution in [1.82, 2.24) is 0 Å². The van der Waals surface area contributed by atoms with Crippen molar-refractivity contribution in [3.63, 3.8) is 0 Å². The Bertz CT molecular complexity index is 126. The second-order valence-corrected chi connectivity index (χ2v) is 2.92. The molecule has 1 fully saturated rings. The minimum Gasteiger partial charge on any atom is -0.391 e. The maximum atomic E-state index is 9.27. The molecule has 0 spiro atoms. The van der Waals surface area contributed by atoms with Crippen molar-refractivity contribution in [1.29, 1.82) is 0 Å². The van der Waals surface area contributed by atoms with Crippen LogP contribution in [0.5, 0.6) is 0 Å². The molecule has 0 amide bonds. The molecule has 3 N–H and O–H groups in total. The molecule has 4 unspecified atom stereocenters. The lowest BCUT2D eigenvalue weighted by Crippen LogP contribution is -2.49. The lowest BCUT2D eigenvalue weighted by Gasteiger charge is -2.33. The Hall–Kier alpha value is -0.160. The zero-order chi connectivity index (χ0) is 8.43. The number of aliphatic hydroxyl groups excluding tert-OH is 3. The van der Waals surface area contributed by atoms with Gasteiger partial charge in [-0.15, -0.1) is 0 Å². The molecule has 0 aromatic heterocycles. The fourth-order valence-corrected chi connectivity index (χ4v) is 1.24. The highest BCUT2D eigenvalue weighted by Crippen LogP contribution is 2.17. The molecule has 1 saturated heterocycles. The maximum absolute atomic E-state index is 9.27. The van der Waals surface area contributed by atoms with Gasteiger partial charge in [-0.3, -0.25) is 0 Å². The van der Waals surface area contributed by atoms with Gasteiger partial charge in [0.05, 0.1) is 12.2 Å². The first-order chi connectivity index (χ1) is 5.13. The van der Waals surface area contributed by atoms with E-state index in [1.54, 1.807) is 0 Å². The van der Waals surface area contributed by atoms with Crippen LogP contribution in [0.15, 0.2) is 0 Å². The second kappa shape index (κ2) is 3.49. The quantitative estimate of drug-likeness (QED) is 0.456. The van der Waals surface area contributed by atoms with Gasteiger partial charge in [-0.25, -0.2) is 0 Å². The largest absolute Gasteiger partial charge is 0.391 e. The molecule has 0 aromatic rings. The fraction of sp³-hybridized carbons (Fsp3) is 1.00. The van der Waals surface area contributed by atoms with Crippen molar-refractivity contribution >= 4 is 0 Å². The summed E-state index contributed by atoms with van der Waals surface area (Å²) in [4.78, 5) is 0. The third kappa shape index (κ3) is 1.90. The lowest BCUT2D eigenvalue weighted by atomic mass is 9.99. The molecular formula is C7H14O4. The maximum Gasteiger partial charge on any atom is 0.111 e. The SMILES string of the molecule is CC(O)C1OCCC(O)C1O. The molecule has 1 aliphatic rings. The van der Waals surface area contributed by atoms with Crippen LogP contribution in [0.1, 0.15) is 13.3 Å². The lowest BCUT2D eigenvalue weighted by molar-refractivity contribution is -0.166. The van der Waals surface area contributed by atoms with E-state index in [1.807, 2.05) is 0 Å². The third-order valence-electron chi connectivity index (χ3n) is 1.93. The minimum absolute atomic E-state index is 0.397. The summed E-state index contributed by atoms with van der Waals surface area (Å²) in [5, 5.41) is 27.5. The molecule has 66 valence electrons. The summed E-state index contributed by atoms with van der Waals surface area (Å²) < 4.78 is 5.06. The van der Waals surface area contributed by atoms with Gasteiger partial charge in [0.2, 0.25) is 0 Å². The molecule has 1 aliphatic heterocycles. The Morgan fingerprint density at radius 2 is 2.09 bits per heavy atom. The van der Waals surface area contributed by atoms with Gasteiger partial charge < -0.3 is 20.1 Å². The highest BCUT2D eigenvalue weighted by molar-refractivity contribution is 4.83.